The SMILES string of the molecule is CCOC(=O)c1cccc(NC(=O)c2nn(-c3ccccc3F)c(C)cc2=O)c1. The fourth-order valence-corrected chi connectivity index (χ4v) is 2.70. The van der Waals surface area contributed by atoms with Crippen LogP contribution in [0, 0.1) is 12.7 Å². The molecule has 0 radical (unpaired) electrons. The van der Waals surface area contributed by atoms with E-state index in [2.05, 4.69) is 10.4 Å². The third-order valence-corrected chi connectivity index (χ3v) is 4.03. The smallest absolute Gasteiger partial charge is 0.338 e. The number of anilines is 1. The van der Waals surface area contributed by atoms with Gasteiger partial charge in [0.2, 0.25) is 5.43 Å². The molecular weight excluding hydrogens is 377 g/mol. The number of rotatable bonds is 5. The Kier molecular flexibility index (Phi) is 5.82. The van der Waals surface area contributed by atoms with Gasteiger partial charge in [-0.25, -0.2) is 13.9 Å². The Bertz CT molecular complexity index is 1140. The van der Waals surface area contributed by atoms with Crippen molar-refractivity contribution in [3.05, 3.63) is 87.6 Å². The van der Waals surface area contributed by atoms with Gasteiger partial charge in [0.15, 0.2) is 5.69 Å². The normalized spacial score (nSPS) is 10.4. The fourth-order valence-electron chi connectivity index (χ4n) is 2.70. The van der Waals surface area contributed by atoms with E-state index in [0.717, 1.165) is 0 Å². The van der Waals surface area contributed by atoms with Crippen molar-refractivity contribution >= 4 is 17.6 Å². The molecule has 0 saturated carbocycles. The quantitative estimate of drug-likeness (QED) is 0.671. The van der Waals surface area contributed by atoms with Gasteiger partial charge >= 0.3 is 5.97 Å². The van der Waals surface area contributed by atoms with Crippen LogP contribution in [0.1, 0.15) is 33.5 Å². The lowest BCUT2D eigenvalue weighted by Gasteiger charge is -2.12. The van der Waals surface area contributed by atoms with E-state index < -0.39 is 28.8 Å². The second-order valence-electron chi connectivity index (χ2n) is 6.12. The largest absolute Gasteiger partial charge is 0.462 e. The molecule has 2 aromatic carbocycles. The Morgan fingerprint density at radius 1 is 1.14 bits per heavy atom. The molecule has 3 rings (SSSR count). The average molecular weight is 395 g/mol. The monoisotopic (exact) mass is 395 g/mol. The van der Waals surface area contributed by atoms with Gasteiger partial charge < -0.3 is 10.1 Å². The molecule has 148 valence electrons. The summed E-state index contributed by atoms with van der Waals surface area (Å²) in [5, 5.41) is 6.58. The summed E-state index contributed by atoms with van der Waals surface area (Å²) in [7, 11) is 0. The van der Waals surface area contributed by atoms with Crippen LogP contribution in [-0.4, -0.2) is 28.3 Å². The number of nitrogens with one attached hydrogen (secondary N) is 1. The van der Waals surface area contributed by atoms with Crippen molar-refractivity contribution in [1.82, 2.24) is 9.78 Å². The Balaban J connectivity index is 1.93. The summed E-state index contributed by atoms with van der Waals surface area (Å²) < 4.78 is 20.3. The van der Waals surface area contributed by atoms with Gasteiger partial charge in [0.25, 0.3) is 5.91 Å². The molecule has 0 atom stereocenters. The van der Waals surface area contributed by atoms with Gasteiger partial charge in [-0.15, -0.1) is 0 Å². The summed E-state index contributed by atoms with van der Waals surface area (Å²) in [5.74, 6) is -1.85. The molecule has 0 unspecified atom stereocenters. The number of hydrogen-bond acceptors (Lipinski definition) is 5. The number of carbonyl (C=O) groups excluding carboxylic acids is 2. The van der Waals surface area contributed by atoms with E-state index in [1.807, 2.05) is 0 Å². The maximum atomic E-state index is 14.1. The summed E-state index contributed by atoms with van der Waals surface area (Å²) >= 11 is 0. The summed E-state index contributed by atoms with van der Waals surface area (Å²) in [6, 6.07) is 13.2. The van der Waals surface area contributed by atoms with E-state index in [9.17, 15) is 18.8 Å². The van der Waals surface area contributed by atoms with Crippen LogP contribution in [-0.2, 0) is 4.74 Å². The van der Waals surface area contributed by atoms with Crippen molar-refractivity contribution in [2.45, 2.75) is 13.8 Å². The first-order valence-corrected chi connectivity index (χ1v) is 8.85. The zero-order valence-electron chi connectivity index (χ0n) is 15.8. The molecule has 29 heavy (non-hydrogen) atoms. The number of esters is 1. The van der Waals surface area contributed by atoms with Crippen molar-refractivity contribution < 1.29 is 18.7 Å². The summed E-state index contributed by atoms with van der Waals surface area (Å²) in [4.78, 5) is 36.8. The van der Waals surface area contributed by atoms with E-state index in [0.29, 0.717) is 11.4 Å². The maximum absolute atomic E-state index is 14.1. The molecule has 0 aliphatic rings. The molecule has 0 bridgehead atoms. The van der Waals surface area contributed by atoms with E-state index in [1.54, 1.807) is 38.1 Å². The first-order valence-electron chi connectivity index (χ1n) is 8.85. The molecule has 7 nitrogen and oxygen atoms in total. The van der Waals surface area contributed by atoms with Crippen LogP contribution >= 0.6 is 0 Å². The average Bonchev–Trinajstić information content (AvgIpc) is 2.69. The minimum absolute atomic E-state index is 0.114. The Morgan fingerprint density at radius 3 is 2.62 bits per heavy atom. The van der Waals surface area contributed by atoms with Gasteiger partial charge in [0.1, 0.15) is 11.5 Å². The second-order valence-corrected chi connectivity index (χ2v) is 6.12. The summed E-state index contributed by atoms with van der Waals surface area (Å²) in [5.41, 5.74) is 0.0314. The first-order chi connectivity index (χ1) is 13.9. The van der Waals surface area contributed by atoms with Crippen LogP contribution in [0.2, 0.25) is 0 Å². The number of carbonyl (C=O) groups is 2. The molecule has 0 spiro atoms. The molecular formula is C21H18FN3O4. The molecule has 1 heterocycles. The third kappa shape index (κ3) is 4.37. The molecule has 0 saturated heterocycles. The molecule has 1 amide bonds. The standard InChI is InChI=1S/C21H18FN3O4/c1-3-29-21(28)14-7-6-8-15(12-14)23-20(27)19-18(26)11-13(2)25(24-19)17-10-5-4-9-16(17)22/h4-12H,3H2,1-2H3,(H,23,27). The molecule has 3 aromatic rings. The number of aryl methyl sites for hydroxylation is 1. The van der Waals surface area contributed by atoms with Gasteiger partial charge in [-0.1, -0.05) is 18.2 Å². The molecule has 8 heteroatoms. The highest BCUT2D eigenvalue weighted by atomic mass is 19.1. The van der Waals surface area contributed by atoms with Gasteiger partial charge in [-0.2, -0.15) is 5.10 Å². The van der Waals surface area contributed by atoms with Crippen LogP contribution in [0.4, 0.5) is 10.1 Å². The van der Waals surface area contributed by atoms with Crippen molar-refractivity contribution in [3.63, 3.8) is 0 Å². The fraction of sp³-hybridized carbons (Fsp3) is 0.143. The Hall–Kier alpha value is -3.81. The summed E-state index contributed by atoms with van der Waals surface area (Å²) in [6.07, 6.45) is 0. The van der Waals surface area contributed by atoms with Crippen molar-refractivity contribution in [1.29, 1.82) is 0 Å². The minimum atomic E-state index is -0.777. The maximum Gasteiger partial charge on any atom is 0.338 e. The molecule has 1 N–H and O–H groups in total. The summed E-state index contributed by atoms with van der Waals surface area (Å²) in [6.45, 7) is 3.50. The first kappa shape index (κ1) is 19.9. The number of ether oxygens (including phenoxy) is 1. The van der Waals surface area contributed by atoms with Gasteiger partial charge in [0.05, 0.1) is 12.2 Å². The molecule has 0 aliphatic carbocycles. The molecule has 0 fully saturated rings. The highest BCUT2D eigenvalue weighted by Crippen LogP contribution is 2.15. The minimum Gasteiger partial charge on any atom is -0.462 e. The highest BCUT2D eigenvalue weighted by molar-refractivity contribution is 6.03. The number of aromatic nitrogens is 2. The van der Waals surface area contributed by atoms with Gasteiger partial charge in [0, 0.05) is 17.4 Å². The Morgan fingerprint density at radius 2 is 1.90 bits per heavy atom. The number of para-hydroxylation sites is 1. The van der Waals surface area contributed by atoms with Gasteiger partial charge in [-0.05, 0) is 44.2 Å². The van der Waals surface area contributed by atoms with Crippen molar-refractivity contribution in [3.8, 4) is 5.69 Å². The van der Waals surface area contributed by atoms with Crippen LogP contribution in [0.15, 0.2) is 59.4 Å². The number of benzene rings is 2. The van der Waals surface area contributed by atoms with E-state index in [1.165, 1.54) is 35.0 Å². The predicted octanol–water partition coefficient (Wildman–Crippen LogP) is 3.11. The molecule has 1 aromatic heterocycles. The number of halogens is 1. The zero-order chi connectivity index (χ0) is 21.0. The van der Waals surface area contributed by atoms with E-state index in [-0.39, 0.29) is 17.9 Å². The topological polar surface area (TPSA) is 90.3 Å². The molecule has 0 aliphatic heterocycles. The number of hydrogen-bond donors (Lipinski definition) is 1. The lowest BCUT2D eigenvalue weighted by atomic mass is 10.2. The van der Waals surface area contributed by atoms with E-state index in [4.69, 9.17) is 4.74 Å². The van der Waals surface area contributed by atoms with Crippen molar-refractivity contribution in [2.75, 3.05) is 11.9 Å². The zero-order valence-corrected chi connectivity index (χ0v) is 15.8. The third-order valence-electron chi connectivity index (χ3n) is 4.03. The lowest BCUT2D eigenvalue weighted by molar-refractivity contribution is 0.0526. The van der Waals surface area contributed by atoms with E-state index >= 15 is 0 Å². The Labute approximate surface area is 165 Å². The van der Waals surface area contributed by atoms with Crippen molar-refractivity contribution in [2.24, 2.45) is 0 Å². The predicted molar refractivity (Wildman–Crippen MR) is 105 cm³/mol. The second kappa shape index (κ2) is 8.47. The number of amides is 1. The van der Waals surface area contributed by atoms with Crippen LogP contribution in [0.25, 0.3) is 5.69 Å². The van der Waals surface area contributed by atoms with Crippen LogP contribution in [0.3, 0.4) is 0 Å². The van der Waals surface area contributed by atoms with Crippen LogP contribution in [0.5, 0.6) is 0 Å². The lowest BCUT2D eigenvalue weighted by Crippen LogP contribution is -2.27. The van der Waals surface area contributed by atoms with Gasteiger partial charge in [-0.3, -0.25) is 9.59 Å². The highest BCUT2D eigenvalue weighted by Gasteiger charge is 2.17. The van der Waals surface area contributed by atoms with Crippen LogP contribution < -0.4 is 10.7 Å². The number of nitrogens with zero attached hydrogens (tertiary/aromatic N) is 2.